The normalized spacial score (nSPS) is 32.4. The average Bonchev–Trinajstić information content (AvgIpc) is 3.23. The quantitative estimate of drug-likeness (QED) is 0.730. The van der Waals surface area contributed by atoms with Gasteiger partial charge in [-0.3, -0.25) is 0 Å². The Bertz CT molecular complexity index is 832. The first-order valence-electron chi connectivity index (χ1n) is 7.42. The maximum absolute atomic E-state index is 12.8. The summed E-state index contributed by atoms with van der Waals surface area (Å²) in [6.07, 6.45) is 3.08. The smallest absolute Gasteiger partial charge is 0.352 e. The molecule has 4 aliphatic rings. The van der Waals surface area contributed by atoms with Crippen LogP contribution < -0.4 is 11.4 Å². The molecule has 2 bridgehead atoms. The Balaban J connectivity index is 1.81. The van der Waals surface area contributed by atoms with Gasteiger partial charge in [0.25, 0.3) is 0 Å². The molecule has 6 nitrogen and oxygen atoms in total. The lowest BCUT2D eigenvalue weighted by molar-refractivity contribution is 0.163. The van der Waals surface area contributed by atoms with Crippen LogP contribution in [0, 0.1) is 0 Å². The average molecular weight is 285 g/mol. The standard InChI is InChI=1S/C15H15N3O3/c19-14-16(9-4-2-1-3-5-9)15(20)18-11-7-6-10(17(14)18)8-12-13(11)21-12/h1-5,10-13H,6-8H2/t10?,11?,12-,13+/m0/s1. The number of fused-ring (bicyclic) bond motifs is 1. The number of epoxide rings is 1. The van der Waals surface area contributed by atoms with Gasteiger partial charge in [-0.2, -0.15) is 0 Å². The second-order valence-corrected chi connectivity index (χ2v) is 6.10. The molecule has 4 atom stereocenters. The van der Waals surface area contributed by atoms with Crippen molar-refractivity contribution in [2.75, 3.05) is 0 Å². The third-order valence-electron chi connectivity index (χ3n) is 4.98. The monoisotopic (exact) mass is 285 g/mol. The molecule has 2 unspecified atom stereocenters. The number of aromatic nitrogens is 3. The molecule has 6 rings (SSSR count). The summed E-state index contributed by atoms with van der Waals surface area (Å²) in [5, 5.41) is 0. The number of para-hydroxylation sites is 1. The van der Waals surface area contributed by atoms with E-state index in [2.05, 4.69) is 0 Å². The molecule has 0 amide bonds. The van der Waals surface area contributed by atoms with E-state index in [-0.39, 0.29) is 35.7 Å². The van der Waals surface area contributed by atoms with Gasteiger partial charge in [0, 0.05) is 0 Å². The lowest BCUT2D eigenvalue weighted by Gasteiger charge is -2.28. The van der Waals surface area contributed by atoms with Gasteiger partial charge in [-0.15, -0.1) is 0 Å². The first-order chi connectivity index (χ1) is 10.3. The molecular formula is C15H15N3O3. The lowest BCUT2D eigenvalue weighted by Crippen LogP contribution is -2.37. The van der Waals surface area contributed by atoms with Gasteiger partial charge >= 0.3 is 11.4 Å². The summed E-state index contributed by atoms with van der Waals surface area (Å²) in [7, 11) is 0. The van der Waals surface area contributed by atoms with E-state index < -0.39 is 0 Å². The van der Waals surface area contributed by atoms with Gasteiger partial charge in [0.2, 0.25) is 0 Å². The van der Waals surface area contributed by atoms with Crippen molar-refractivity contribution in [2.24, 2.45) is 0 Å². The molecule has 6 heteroatoms. The predicted molar refractivity (Wildman–Crippen MR) is 74.9 cm³/mol. The number of hydrogen-bond donors (Lipinski definition) is 0. The molecule has 1 aromatic carbocycles. The van der Waals surface area contributed by atoms with Gasteiger partial charge < -0.3 is 4.74 Å². The van der Waals surface area contributed by atoms with E-state index in [0.29, 0.717) is 5.69 Å². The molecule has 3 aliphatic heterocycles. The molecule has 1 aromatic heterocycles. The topological polar surface area (TPSA) is 61.5 Å². The predicted octanol–water partition coefficient (Wildman–Crippen LogP) is 0.848. The lowest BCUT2D eigenvalue weighted by atomic mass is 10.1. The van der Waals surface area contributed by atoms with Gasteiger partial charge in [-0.25, -0.2) is 23.5 Å². The summed E-state index contributed by atoms with van der Waals surface area (Å²) < 4.78 is 10.3. The zero-order valence-corrected chi connectivity index (χ0v) is 11.4. The molecule has 108 valence electrons. The molecule has 1 aliphatic carbocycles. The van der Waals surface area contributed by atoms with Crippen LogP contribution in [0.25, 0.3) is 5.69 Å². The van der Waals surface area contributed by atoms with Gasteiger partial charge in [-0.1, -0.05) is 18.2 Å². The Morgan fingerprint density at radius 2 is 1.76 bits per heavy atom. The van der Waals surface area contributed by atoms with E-state index in [1.165, 1.54) is 4.57 Å². The molecule has 2 fully saturated rings. The van der Waals surface area contributed by atoms with Crippen LogP contribution in [-0.4, -0.2) is 26.1 Å². The fraction of sp³-hybridized carbons (Fsp3) is 0.467. The zero-order chi connectivity index (χ0) is 14.1. The third-order valence-corrected chi connectivity index (χ3v) is 4.98. The van der Waals surface area contributed by atoms with Crippen molar-refractivity contribution < 1.29 is 4.74 Å². The van der Waals surface area contributed by atoms with Crippen LogP contribution in [0.4, 0.5) is 0 Å². The maximum Gasteiger partial charge on any atom is 0.352 e. The number of nitrogens with zero attached hydrogens (tertiary/aromatic N) is 3. The minimum absolute atomic E-state index is 0.0129. The van der Waals surface area contributed by atoms with Crippen LogP contribution in [0.2, 0.25) is 0 Å². The van der Waals surface area contributed by atoms with Crippen molar-refractivity contribution in [3.63, 3.8) is 0 Å². The summed E-state index contributed by atoms with van der Waals surface area (Å²) in [6.45, 7) is 0. The van der Waals surface area contributed by atoms with E-state index in [9.17, 15) is 9.59 Å². The molecule has 1 saturated carbocycles. The number of benzene rings is 1. The Morgan fingerprint density at radius 3 is 2.57 bits per heavy atom. The SMILES string of the molecule is O=c1n(-c2ccccc2)c(=O)n2n1C1CCC2[C@H]2O[C@H]2C1. The molecule has 4 heterocycles. The van der Waals surface area contributed by atoms with Crippen LogP contribution in [0.3, 0.4) is 0 Å². The molecule has 2 aromatic rings. The van der Waals surface area contributed by atoms with Gasteiger partial charge in [0.05, 0.1) is 23.9 Å². The molecule has 0 N–H and O–H groups in total. The Morgan fingerprint density at radius 1 is 1.00 bits per heavy atom. The van der Waals surface area contributed by atoms with Crippen LogP contribution in [0.1, 0.15) is 31.3 Å². The molecule has 0 spiro atoms. The highest BCUT2D eigenvalue weighted by Crippen LogP contribution is 2.47. The fourth-order valence-electron chi connectivity index (χ4n) is 3.98. The van der Waals surface area contributed by atoms with Crippen LogP contribution >= 0.6 is 0 Å². The molecule has 1 saturated heterocycles. The summed E-state index contributed by atoms with van der Waals surface area (Å²) >= 11 is 0. The highest BCUT2D eigenvalue weighted by Gasteiger charge is 2.54. The second-order valence-electron chi connectivity index (χ2n) is 6.10. The minimum Gasteiger partial charge on any atom is -0.367 e. The van der Waals surface area contributed by atoms with E-state index in [1.54, 1.807) is 21.5 Å². The number of rotatable bonds is 1. The molecule has 21 heavy (non-hydrogen) atoms. The fourth-order valence-corrected chi connectivity index (χ4v) is 3.98. The summed E-state index contributed by atoms with van der Waals surface area (Å²) in [6, 6.07) is 9.23. The highest BCUT2D eigenvalue weighted by atomic mass is 16.6. The first kappa shape index (κ1) is 11.6. The third kappa shape index (κ3) is 1.40. The van der Waals surface area contributed by atoms with Crippen LogP contribution in [-0.2, 0) is 4.74 Å². The zero-order valence-electron chi connectivity index (χ0n) is 11.4. The summed E-state index contributed by atoms with van der Waals surface area (Å²) in [5.41, 5.74) is 0.174. The van der Waals surface area contributed by atoms with Gasteiger partial charge in [0.1, 0.15) is 6.10 Å². The van der Waals surface area contributed by atoms with Crippen molar-refractivity contribution >= 4 is 0 Å². The summed E-state index contributed by atoms with van der Waals surface area (Å²) in [5.74, 6) is 0. The summed E-state index contributed by atoms with van der Waals surface area (Å²) in [4.78, 5) is 25.6. The van der Waals surface area contributed by atoms with Crippen molar-refractivity contribution in [3.05, 3.63) is 51.3 Å². The molecular weight excluding hydrogens is 270 g/mol. The van der Waals surface area contributed by atoms with E-state index in [4.69, 9.17) is 4.74 Å². The maximum atomic E-state index is 12.8. The van der Waals surface area contributed by atoms with Crippen molar-refractivity contribution in [3.8, 4) is 5.69 Å². The van der Waals surface area contributed by atoms with E-state index in [0.717, 1.165) is 19.3 Å². The van der Waals surface area contributed by atoms with E-state index in [1.807, 2.05) is 18.2 Å². The largest absolute Gasteiger partial charge is 0.367 e. The Kier molecular flexibility index (Phi) is 2.07. The van der Waals surface area contributed by atoms with Gasteiger partial charge in [0.15, 0.2) is 0 Å². The van der Waals surface area contributed by atoms with Crippen molar-refractivity contribution in [1.29, 1.82) is 0 Å². The molecule has 0 radical (unpaired) electrons. The number of ether oxygens (including phenoxy) is 1. The Labute approximate surface area is 120 Å². The van der Waals surface area contributed by atoms with Crippen LogP contribution in [0.5, 0.6) is 0 Å². The first-order valence-corrected chi connectivity index (χ1v) is 7.42. The number of hydrogen-bond acceptors (Lipinski definition) is 3. The van der Waals surface area contributed by atoms with Crippen molar-refractivity contribution in [1.82, 2.24) is 13.9 Å². The van der Waals surface area contributed by atoms with Gasteiger partial charge in [-0.05, 0) is 31.4 Å². The Hall–Kier alpha value is -2.08. The van der Waals surface area contributed by atoms with Crippen LogP contribution in [0.15, 0.2) is 39.9 Å². The van der Waals surface area contributed by atoms with Crippen molar-refractivity contribution in [2.45, 2.75) is 43.6 Å². The second kappa shape index (κ2) is 3.76. The minimum atomic E-state index is -0.239. The highest BCUT2D eigenvalue weighted by molar-refractivity contribution is 5.30. The van der Waals surface area contributed by atoms with E-state index >= 15 is 0 Å².